The maximum Gasteiger partial charge on any atom is 0.252 e. The first-order chi connectivity index (χ1) is 30.3. The lowest BCUT2D eigenvalue weighted by Crippen LogP contribution is -2.61. The molecule has 0 N–H and O–H groups in total. The van der Waals surface area contributed by atoms with Gasteiger partial charge in [0.05, 0.1) is 5.69 Å². The summed E-state index contributed by atoms with van der Waals surface area (Å²) in [5.74, 6) is 0. The number of anilines is 6. The molecule has 0 bridgehead atoms. The molecule has 0 saturated heterocycles. The van der Waals surface area contributed by atoms with Crippen LogP contribution in [0.3, 0.4) is 0 Å². The van der Waals surface area contributed by atoms with Crippen molar-refractivity contribution in [2.45, 2.75) is 33.1 Å². The maximum atomic E-state index is 2.57. The highest BCUT2D eigenvalue weighted by Crippen LogP contribution is 2.48. The van der Waals surface area contributed by atoms with Crippen molar-refractivity contribution in [3.63, 3.8) is 0 Å². The summed E-state index contributed by atoms with van der Waals surface area (Å²) < 4.78 is 0. The van der Waals surface area contributed by atoms with Crippen molar-refractivity contribution in [2.75, 3.05) is 9.80 Å². The summed E-state index contributed by atoms with van der Waals surface area (Å²) in [6.45, 7) is 9.15. The number of hydrogen-bond donors (Lipinski definition) is 0. The Kier molecular flexibility index (Phi) is 9.09. The summed E-state index contributed by atoms with van der Waals surface area (Å²) in [7, 11) is 0. The lowest BCUT2D eigenvalue weighted by molar-refractivity contribution is 0.590. The minimum absolute atomic E-state index is 0.0171. The van der Waals surface area contributed by atoms with Gasteiger partial charge in [-0.15, -0.1) is 0 Å². The smallest absolute Gasteiger partial charge is 0.252 e. The average molecular weight is 795 g/mol. The predicted molar refractivity (Wildman–Crippen MR) is 266 cm³/mol. The zero-order valence-electron chi connectivity index (χ0n) is 35.7. The number of nitrogens with zero attached hydrogens (tertiary/aromatic N) is 2. The molecule has 11 rings (SSSR count). The summed E-state index contributed by atoms with van der Waals surface area (Å²) in [5, 5.41) is 0. The fraction of sp³-hybridized carbons (Fsp3) is 0.0847. The third kappa shape index (κ3) is 6.44. The van der Waals surface area contributed by atoms with Crippen LogP contribution in [0.2, 0.25) is 0 Å². The Morgan fingerprint density at radius 1 is 0.355 bits per heavy atom. The van der Waals surface area contributed by atoms with Gasteiger partial charge in [0, 0.05) is 34.0 Å². The molecule has 0 saturated carbocycles. The van der Waals surface area contributed by atoms with E-state index in [0.717, 1.165) is 5.69 Å². The summed E-state index contributed by atoms with van der Waals surface area (Å²) in [6.07, 6.45) is 0. The van der Waals surface area contributed by atoms with Gasteiger partial charge in [0.15, 0.2) is 0 Å². The molecule has 0 spiro atoms. The highest BCUT2D eigenvalue weighted by Gasteiger charge is 2.44. The molecule has 0 amide bonds. The van der Waals surface area contributed by atoms with Crippen LogP contribution in [0.15, 0.2) is 212 Å². The number of benzene rings is 9. The summed E-state index contributed by atoms with van der Waals surface area (Å²) >= 11 is 0. The van der Waals surface area contributed by atoms with E-state index >= 15 is 0 Å². The number of aryl methyl sites for hydroxylation is 1. The van der Waals surface area contributed by atoms with E-state index < -0.39 is 0 Å². The Labute approximate surface area is 366 Å². The quantitative estimate of drug-likeness (QED) is 0.155. The average Bonchev–Trinajstić information content (AvgIpc) is 3.32. The molecule has 296 valence electrons. The molecular weight excluding hydrogens is 747 g/mol. The monoisotopic (exact) mass is 794 g/mol. The topological polar surface area (TPSA) is 6.48 Å². The van der Waals surface area contributed by atoms with E-state index in [-0.39, 0.29) is 12.1 Å². The van der Waals surface area contributed by atoms with Gasteiger partial charge in [-0.05, 0) is 127 Å². The van der Waals surface area contributed by atoms with E-state index in [1.165, 1.54) is 100 Å². The van der Waals surface area contributed by atoms with Crippen molar-refractivity contribution < 1.29 is 0 Å². The fourth-order valence-corrected chi connectivity index (χ4v) is 9.78. The molecule has 2 nitrogen and oxygen atoms in total. The van der Waals surface area contributed by atoms with Gasteiger partial charge >= 0.3 is 0 Å². The molecule has 0 fully saturated rings. The van der Waals surface area contributed by atoms with Gasteiger partial charge < -0.3 is 9.80 Å². The second-order valence-electron chi connectivity index (χ2n) is 17.9. The van der Waals surface area contributed by atoms with E-state index in [4.69, 9.17) is 0 Å². The van der Waals surface area contributed by atoms with Crippen LogP contribution in [-0.2, 0) is 5.41 Å². The Balaban J connectivity index is 1.22. The molecule has 2 heterocycles. The van der Waals surface area contributed by atoms with Crippen LogP contribution >= 0.6 is 0 Å². The number of fused-ring (bicyclic) bond motifs is 4. The Hall–Kier alpha value is -7.36. The highest BCUT2D eigenvalue weighted by molar-refractivity contribution is 7.00. The molecule has 0 unspecified atom stereocenters. The zero-order chi connectivity index (χ0) is 42.0. The molecule has 62 heavy (non-hydrogen) atoms. The maximum absolute atomic E-state index is 2.57. The van der Waals surface area contributed by atoms with Gasteiger partial charge in [-0.3, -0.25) is 0 Å². The molecular formula is C59H47BN2. The lowest BCUT2D eigenvalue weighted by atomic mass is 9.33. The SMILES string of the molecule is Cc1cc2c3c(c1)N(c1ccc(C(C)(C)C)cc1-c1ccccc1)c1ccc(-c4ccccc4)cc1B3c1cc(-c3ccccc3)ccc1N2c1ccc(-c2ccccc2)cc1. The Morgan fingerprint density at radius 3 is 1.29 bits per heavy atom. The van der Waals surface area contributed by atoms with E-state index in [1.54, 1.807) is 0 Å². The first kappa shape index (κ1) is 37.6. The van der Waals surface area contributed by atoms with Crippen molar-refractivity contribution >= 4 is 57.2 Å². The van der Waals surface area contributed by atoms with Gasteiger partial charge in [-0.25, -0.2) is 0 Å². The second kappa shape index (κ2) is 15.0. The van der Waals surface area contributed by atoms with Gasteiger partial charge in [0.1, 0.15) is 0 Å². The molecule has 9 aromatic rings. The van der Waals surface area contributed by atoms with Crippen molar-refractivity contribution in [2.24, 2.45) is 0 Å². The zero-order valence-corrected chi connectivity index (χ0v) is 35.7. The van der Waals surface area contributed by atoms with Gasteiger partial charge in [0.2, 0.25) is 0 Å². The van der Waals surface area contributed by atoms with Crippen LogP contribution < -0.4 is 26.2 Å². The molecule has 2 aliphatic heterocycles. The normalized spacial score (nSPS) is 12.7. The van der Waals surface area contributed by atoms with Crippen LogP contribution in [0.1, 0.15) is 31.9 Å². The summed E-state index contributed by atoms with van der Waals surface area (Å²) in [5.41, 5.74) is 23.3. The van der Waals surface area contributed by atoms with Gasteiger partial charge in [-0.2, -0.15) is 0 Å². The first-order valence-electron chi connectivity index (χ1n) is 21.8. The third-order valence-corrected chi connectivity index (χ3v) is 12.8. The van der Waals surface area contributed by atoms with Crippen LogP contribution in [0.25, 0.3) is 44.5 Å². The van der Waals surface area contributed by atoms with Gasteiger partial charge in [0.25, 0.3) is 6.71 Å². The van der Waals surface area contributed by atoms with Crippen molar-refractivity contribution in [1.82, 2.24) is 0 Å². The summed E-state index contributed by atoms with van der Waals surface area (Å²) in [4.78, 5) is 5.09. The molecule has 0 radical (unpaired) electrons. The molecule has 2 aliphatic rings. The Morgan fingerprint density at radius 2 is 0.774 bits per heavy atom. The van der Waals surface area contributed by atoms with Crippen LogP contribution in [0, 0.1) is 6.92 Å². The first-order valence-corrected chi connectivity index (χ1v) is 21.8. The highest BCUT2D eigenvalue weighted by atomic mass is 15.2. The molecule has 0 aromatic heterocycles. The van der Waals surface area contributed by atoms with Crippen molar-refractivity contribution in [3.05, 3.63) is 223 Å². The summed E-state index contributed by atoms with van der Waals surface area (Å²) in [6, 6.07) is 78.7. The van der Waals surface area contributed by atoms with Crippen molar-refractivity contribution in [1.29, 1.82) is 0 Å². The predicted octanol–water partition coefficient (Wildman–Crippen LogP) is 14.0. The van der Waals surface area contributed by atoms with Gasteiger partial charge in [-0.1, -0.05) is 185 Å². The minimum atomic E-state index is -0.0250. The molecule has 0 atom stereocenters. The van der Waals surface area contributed by atoms with E-state index in [2.05, 4.69) is 250 Å². The largest absolute Gasteiger partial charge is 0.311 e. The van der Waals surface area contributed by atoms with Crippen LogP contribution in [0.4, 0.5) is 34.1 Å². The van der Waals surface area contributed by atoms with Crippen molar-refractivity contribution in [3.8, 4) is 44.5 Å². The van der Waals surface area contributed by atoms with E-state index in [0.29, 0.717) is 0 Å². The van der Waals surface area contributed by atoms with Crippen LogP contribution in [-0.4, -0.2) is 6.71 Å². The molecule has 3 heteroatoms. The lowest BCUT2D eigenvalue weighted by Gasteiger charge is -2.45. The van der Waals surface area contributed by atoms with E-state index in [9.17, 15) is 0 Å². The van der Waals surface area contributed by atoms with E-state index in [1.807, 2.05) is 0 Å². The fourth-order valence-electron chi connectivity index (χ4n) is 9.78. The second-order valence-corrected chi connectivity index (χ2v) is 17.9. The van der Waals surface area contributed by atoms with Crippen LogP contribution in [0.5, 0.6) is 0 Å². The Bertz CT molecular complexity index is 3100. The minimum Gasteiger partial charge on any atom is -0.311 e. The third-order valence-electron chi connectivity index (χ3n) is 12.8. The standard InChI is InChI=1S/C59H47BN2/c1-40-35-56-58-57(36-40)62(53-34-29-48(59(2,3)4)39-50(53)45-23-15-8-16-24-45)55-33-28-47(43-21-13-7-14-22-43)38-52(55)60(58)51-37-46(42-19-11-6-12-20-42)27-32-54(51)61(56)49-30-25-44(26-31-49)41-17-9-5-10-18-41/h5-39H,1-4H3. The number of hydrogen-bond acceptors (Lipinski definition) is 2. The molecule has 9 aromatic carbocycles. The number of rotatable bonds is 6. The molecule has 0 aliphatic carbocycles.